The van der Waals surface area contributed by atoms with E-state index in [4.69, 9.17) is 0 Å². The third kappa shape index (κ3) is 7.18. The summed E-state index contributed by atoms with van der Waals surface area (Å²) in [5.74, 6) is 2.00. The maximum absolute atomic E-state index is 10.8. The molecule has 2 saturated carbocycles. The number of benzene rings is 4. The molecule has 0 spiro atoms. The van der Waals surface area contributed by atoms with E-state index in [1.165, 1.54) is 109 Å². The lowest BCUT2D eigenvalue weighted by Crippen LogP contribution is -2.05. The molecule has 2 aliphatic carbocycles. The summed E-state index contributed by atoms with van der Waals surface area (Å²) < 4.78 is 0. The molecule has 43 heavy (non-hydrogen) atoms. The normalized spacial score (nSPS) is 16.4. The van der Waals surface area contributed by atoms with Crippen molar-refractivity contribution in [2.75, 3.05) is 0 Å². The summed E-state index contributed by atoms with van der Waals surface area (Å²) >= 11 is 0. The number of hydrogen-bond donors (Lipinski definition) is 2. The molecular formula is C41H48O2. The molecular weight excluding hydrogens is 524 g/mol. The Balaban J connectivity index is 1.16. The van der Waals surface area contributed by atoms with Crippen molar-refractivity contribution in [3.05, 3.63) is 128 Å². The SMILES string of the molecule is Cc1cc(C2CCCCC2)ccc1Cc1ccc(O)c(Cc2cc(Cc3ccc(C4CCCCC4)cc3C)ccc2O)c1. The van der Waals surface area contributed by atoms with Gasteiger partial charge in [-0.2, -0.15) is 0 Å². The molecule has 0 aromatic heterocycles. The summed E-state index contributed by atoms with van der Waals surface area (Å²) in [6.07, 6.45) is 15.6. The molecule has 2 nitrogen and oxygen atoms in total. The Labute approximate surface area is 258 Å². The summed E-state index contributed by atoms with van der Waals surface area (Å²) in [4.78, 5) is 0. The molecule has 2 aliphatic rings. The average molecular weight is 573 g/mol. The molecule has 0 amide bonds. The van der Waals surface area contributed by atoms with Crippen LogP contribution in [0.1, 0.15) is 132 Å². The van der Waals surface area contributed by atoms with Gasteiger partial charge in [0.05, 0.1) is 0 Å². The van der Waals surface area contributed by atoms with Crippen LogP contribution < -0.4 is 0 Å². The minimum absolute atomic E-state index is 0.284. The van der Waals surface area contributed by atoms with Gasteiger partial charge in [0.1, 0.15) is 11.5 Å². The van der Waals surface area contributed by atoms with Crippen LogP contribution in [-0.2, 0) is 19.3 Å². The van der Waals surface area contributed by atoms with Crippen molar-refractivity contribution in [3.8, 4) is 11.5 Å². The van der Waals surface area contributed by atoms with Crippen LogP contribution in [-0.4, -0.2) is 10.2 Å². The molecule has 4 aromatic carbocycles. The first-order chi connectivity index (χ1) is 20.9. The van der Waals surface area contributed by atoms with E-state index in [-0.39, 0.29) is 11.5 Å². The highest BCUT2D eigenvalue weighted by atomic mass is 16.3. The van der Waals surface area contributed by atoms with Gasteiger partial charge in [-0.15, -0.1) is 0 Å². The first kappa shape index (κ1) is 29.5. The van der Waals surface area contributed by atoms with Gasteiger partial charge >= 0.3 is 0 Å². The van der Waals surface area contributed by atoms with Gasteiger partial charge in [-0.25, -0.2) is 0 Å². The van der Waals surface area contributed by atoms with E-state index < -0.39 is 0 Å². The molecule has 0 saturated heterocycles. The maximum Gasteiger partial charge on any atom is 0.119 e. The van der Waals surface area contributed by atoms with Gasteiger partial charge in [-0.3, -0.25) is 0 Å². The fraction of sp³-hybridized carbons (Fsp3) is 0.415. The van der Waals surface area contributed by atoms with E-state index in [0.29, 0.717) is 6.42 Å². The summed E-state index contributed by atoms with van der Waals surface area (Å²) in [5.41, 5.74) is 12.5. The van der Waals surface area contributed by atoms with E-state index in [2.05, 4.69) is 62.4 Å². The highest BCUT2D eigenvalue weighted by Gasteiger charge is 2.18. The van der Waals surface area contributed by atoms with Crippen molar-refractivity contribution >= 4 is 0 Å². The fourth-order valence-corrected chi connectivity index (χ4v) is 7.64. The zero-order valence-corrected chi connectivity index (χ0v) is 26.2. The number of hydrogen-bond acceptors (Lipinski definition) is 2. The molecule has 6 rings (SSSR count). The van der Waals surface area contributed by atoms with Gasteiger partial charge in [0.25, 0.3) is 0 Å². The van der Waals surface area contributed by atoms with Crippen molar-refractivity contribution in [3.63, 3.8) is 0 Å². The standard InChI is InChI=1S/C41H48O2/c1-28-21-36(32-9-5-3-6-10-32)17-15-34(28)23-30-13-19-40(42)38(25-30)27-39-26-31(14-20-41(39)43)24-35-16-18-37(22-29(35)2)33-11-7-4-8-12-33/h13-22,25-26,32-33,42-43H,3-12,23-24,27H2,1-2H3. The number of rotatable bonds is 8. The van der Waals surface area contributed by atoms with Crippen molar-refractivity contribution in [2.45, 2.75) is 109 Å². The second kappa shape index (κ2) is 13.4. The summed E-state index contributed by atoms with van der Waals surface area (Å²) in [7, 11) is 0. The summed E-state index contributed by atoms with van der Waals surface area (Å²) in [6.45, 7) is 4.47. The van der Waals surface area contributed by atoms with Crippen LogP contribution in [0.3, 0.4) is 0 Å². The Bertz CT molecular complexity index is 1440. The maximum atomic E-state index is 10.8. The minimum Gasteiger partial charge on any atom is -0.508 e. The first-order valence-corrected chi connectivity index (χ1v) is 16.7. The molecule has 0 heterocycles. The molecule has 2 fully saturated rings. The van der Waals surface area contributed by atoms with Crippen LogP contribution in [0.25, 0.3) is 0 Å². The fourth-order valence-electron chi connectivity index (χ4n) is 7.64. The van der Waals surface area contributed by atoms with E-state index in [0.717, 1.165) is 35.8 Å². The smallest absolute Gasteiger partial charge is 0.119 e. The van der Waals surface area contributed by atoms with Crippen molar-refractivity contribution in [1.29, 1.82) is 0 Å². The highest BCUT2D eigenvalue weighted by molar-refractivity contribution is 5.47. The Morgan fingerprint density at radius 3 is 1.28 bits per heavy atom. The number of phenolic OH excluding ortho intramolecular Hbond substituents is 2. The van der Waals surface area contributed by atoms with Gasteiger partial charge in [0.2, 0.25) is 0 Å². The molecule has 0 atom stereocenters. The lowest BCUT2D eigenvalue weighted by Gasteiger charge is -2.23. The zero-order valence-electron chi connectivity index (χ0n) is 26.2. The van der Waals surface area contributed by atoms with Crippen LogP contribution in [0.4, 0.5) is 0 Å². The molecule has 2 N–H and O–H groups in total. The summed E-state index contributed by atoms with van der Waals surface area (Å²) in [6, 6.07) is 26.0. The van der Waals surface area contributed by atoms with E-state index in [1.807, 2.05) is 24.3 Å². The second-order valence-corrected chi connectivity index (χ2v) is 13.5. The first-order valence-electron chi connectivity index (χ1n) is 16.7. The molecule has 4 aromatic rings. The topological polar surface area (TPSA) is 40.5 Å². The largest absolute Gasteiger partial charge is 0.508 e. The van der Waals surface area contributed by atoms with Gasteiger partial charge < -0.3 is 10.2 Å². The van der Waals surface area contributed by atoms with Crippen LogP contribution >= 0.6 is 0 Å². The highest BCUT2D eigenvalue weighted by Crippen LogP contribution is 2.35. The van der Waals surface area contributed by atoms with Crippen LogP contribution in [0, 0.1) is 13.8 Å². The lowest BCUT2D eigenvalue weighted by molar-refractivity contribution is 0.443. The van der Waals surface area contributed by atoms with Gasteiger partial charge in [-0.1, -0.05) is 99.2 Å². The van der Waals surface area contributed by atoms with Crippen molar-refractivity contribution in [2.24, 2.45) is 0 Å². The zero-order chi connectivity index (χ0) is 29.8. The third-order valence-corrected chi connectivity index (χ3v) is 10.3. The van der Waals surface area contributed by atoms with Crippen LogP contribution in [0.15, 0.2) is 72.8 Å². The van der Waals surface area contributed by atoms with Gasteiger partial charge in [-0.05, 0) is 132 Å². The Morgan fingerprint density at radius 2 is 0.884 bits per heavy atom. The summed E-state index contributed by atoms with van der Waals surface area (Å²) in [5, 5.41) is 21.6. The van der Waals surface area contributed by atoms with E-state index in [9.17, 15) is 10.2 Å². The Kier molecular flexibility index (Phi) is 9.22. The van der Waals surface area contributed by atoms with Crippen LogP contribution in [0.2, 0.25) is 0 Å². The Hall–Kier alpha value is -3.52. The molecule has 0 bridgehead atoms. The van der Waals surface area contributed by atoms with Crippen molar-refractivity contribution < 1.29 is 10.2 Å². The monoisotopic (exact) mass is 572 g/mol. The van der Waals surface area contributed by atoms with Gasteiger partial charge in [0, 0.05) is 6.42 Å². The van der Waals surface area contributed by atoms with E-state index in [1.54, 1.807) is 0 Å². The molecule has 0 radical (unpaired) electrons. The van der Waals surface area contributed by atoms with Crippen molar-refractivity contribution in [1.82, 2.24) is 0 Å². The molecule has 2 heteroatoms. The second-order valence-electron chi connectivity index (χ2n) is 13.5. The average Bonchev–Trinajstić information content (AvgIpc) is 3.03. The van der Waals surface area contributed by atoms with Crippen LogP contribution in [0.5, 0.6) is 11.5 Å². The molecule has 224 valence electrons. The quantitative estimate of drug-likeness (QED) is 0.220. The molecule has 0 unspecified atom stereocenters. The third-order valence-electron chi connectivity index (χ3n) is 10.3. The minimum atomic E-state index is 0.284. The van der Waals surface area contributed by atoms with Gasteiger partial charge in [0.15, 0.2) is 0 Å². The lowest BCUT2D eigenvalue weighted by atomic mass is 9.83. The predicted molar refractivity (Wildman–Crippen MR) is 179 cm³/mol. The Morgan fingerprint density at radius 1 is 0.465 bits per heavy atom. The number of aryl methyl sites for hydroxylation is 2. The predicted octanol–water partition coefficient (Wildman–Crippen LogP) is 10.6. The number of phenols is 2. The number of aromatic hydroxyl groups is 2. The molecule has 0 aliphatic heterocycles. The van der Waals surface area contributed by atoms with E-state index >= 15 is 0 Å².